The number of nitrogens with one attached hydrogen (secondary N) is 2. The predicted octanol–water partition coefficient (Wildman–Crippen LogP) is 1.76. The van der Waals surface area contributed by atoms with Gasteiger partial charge in [-0.25, -0.2) is 0 Å². The average molecular weight is 184 g/mol. The lowest BCUT2D eigenvalue weighted by molar-refractivity contribution is 0.210. The van der Waals surface area contributed by atoms with Crippen LogP contribution >= 0.6 is 0 Å². The van der Waals surface area contributed by atoms with Crippen LogP contribution in [-0.4, -0.2) is 24.7 Å². The second-order valence-corrected chi connectivity index (χ2v) is 4.67. The molecule has 1 aliphatic heterocycles. The first-order valence-electron chi connectivity index (χ1n) is 5.59. The summed E-state index contributed by atoms with van der Waals surface area (Å²) in [5, 5.41) is 7.30. The normalized spacial score (nSPS) is 37.4. The van der Waals surface area contributed by atoms with Crippen LogP contribution in [0.1, 0.15) is 40.5 Å². The van der Waals surface area contributed by atoms with Crippen molar-refractivity contribution in [1.82, 2.24) is 10.6 Å². The first-order chi connectivity index (χ1) is 6.11. The van der Waals surface area contributed by atoms with Crippen molar-refractivity contribution in [3.05, 3.63) is 0 Å². The molecule has 2 N–H and O–H groups in total. The highest BCUT2D eigenvalue weighted by Gasteiger charge is 2.29. The standard InChI is InChI=1S/C11H24N2/c1-5-9(3)10-7-13-11(4,6-2)8-12-10/h9-10,12-13H,5-8H2,1-4H3. The molecule has 0 radical (unpaired) electrons. The highest BCUT2D eigenvalue weighted by Crippen LogP contribution is 2.16. The molecular weight excluding hydrogens is 160 g/mol. The van der Waals surface area contributed by atoms with Crippen LogP contribution in [0.5, 0.6) is 0 Å². The topological polar surface area (TPSA) is 24.1 Å². The SMILES string of the molecule is CCC(C)C1CNC(C)(CC)CN1. The molecule has 0 saturated carbocycles. The Morgan fingerprint density at radius 3 is 2.54 bits per heavy atom. The maximum atomic E-state index is 3.65. The summed E-state index contributed by atoms with van der Waals surface area (Å²) in [7, 11) is 0. The van der Waals surface area contributed by atoms with E-state index in [1.165, 1.54) is 12.8 Å². The fourth-order valence-corrected chi connectivity index (χ4v) is 1.78. The van der Waals surface area contributed by atoms with Crippen LogP contribution in [0.3, 0.4) is 0 Å². The Morgan fingerprint density at radius 2 is 2.15 bits per heavy atom. The Morgan fingerprint density at radius 1 is 1.46 bits per heavy atom. The van der Waals surface area contributed by atoms with E-state index in [2.05, 4.69) is 38.3 Å². The maximum absolute atomic E-state index is 3.65. The zero-order valence-corrected chi connectivity index (χ0v) is 9.48. The van der Waals surface area contributed by atoms with Crippen LogP contribution in [0.4, 0.5) is 0 Å². The molecule has 1 saturated heterocycles. The summed E-state index contributed by atoms with van der Waals surface area (Å²) in [6.45, 7) is 11.4. The van der Waals surface area contributed by atoms with Gasteiger partial charge in [0, 0.05) is 24.7 Å². The number of hydrogen-bond acceptors (Lipinski definition) is 2. The molecule has 0 aliphatic carbocycles. The molecule has 1 rings (SSSR count). The molecule has 0 aromatic rings. The number of rotatable bonds is 3. The molecule has 0 amide bonds. The van der Waals surface area contributed by atoms with Gasteiger partial charge in [0.05, 0.1) is 0 Å². The van der Waals surface area contributed by atoms with Gasteiger partial charge in [-0.05, 0) is 19.3 Å². The second-order valence-electron chi connectivity index (χ2n) is 4.67. The van der Waals surface area contributed by atoms with Crippen molar-refractivity contribution in [3.8, 4) is 0 Å². The van der Waals surface area contributed by atoms with Crippen molar-refractivity contribution in [2.45, 2.75) is 52.1 Å². The van der Waals surface area contributed by atoms with Gasteiger partial charge in [-0.15, -0.1) is 0 Å². The Balaban J connectivity index is 2.38. The van der Waals surface area contributed by atoms with E-state index in [-0.39, 0.29) is 0 Å². The fourth-order valence-electron chi connectivity index (χ4n) is 1.78. The molecule has 2 nitrogen and oxygen atoms in total. The molecule has 3 unspecified atom stereocenters. The quantitative estimate of drug-likeness (QED) is 0.698. The van der Waals surface area contributed by atoms with Crippen molar-refractivity contribution < 1.29 is 0 Å². The Labute approximate surface area is 82.5 Å². The molecule has 0 aromatic carbocycles. The van der Waals surface area contributed by atoms with E-state index in [0.29, 0.717) is 11.6 Å². The molecule has 3 atom stereocenters. The summed E-state index contributed by atoms with van der Waals surface area (Å²) in [4.78, 5) is 0. The number of piperazine rings is 1. The first kappa shape index (κ1) is 11.0. The summed E-state index contributed by atoms with van der Waals surface area (Å²) in [5.41, 5.74) is 0.323. The zero-order chi connectivity index (χ0) is 9.90. The monoisotopic (exact) mass is 184 g/mol. The van der Waals surface area contributed by atoms with E-state index < -0.39 is 0 Å². The molecule has 2 heteroatoms. The van der Waals surface area contributed by atoms with Crippen molar-refractivity contribution in [1.29, 1.82) is 0 Å². The lowest BCUT2D eigenvalue weighted by Crippen LogP contribution is -2.62. The van der Waals surface area contributed by atoms with Gasteiger partial charge in [0.2, 0.25) is 0 Å². The van der Waals surface area contributed by atoms with Gasteiger partial charge in [0.1, 0.15) is 0 Å². The summed E-state index contributed by atoms with van der Waals surface area (Å²) in [5.74, 6) is 0.786. The van der Waals surface area contributed by atoms with Gasteiger partial charge in [0.25, 0.3) is 0 Å². The van der Waals surface area contributed by atoms with Gasteiger partial charge >= 0.3 is 0 Å². The van der Waals surface area contributed by atoms with E-state index >= 15 is 0 Å². The molecular formula is C11H24N2. The second kappa shape index (κ2) is 4.43. The van der Waals surface area contributed by atoms with E-state index in [9.17, 15) is 0 Å². The molecule has 1 aliphatic rings. The van der Waals surface area contributed by atoms with Gasteiger partial charge in [-0.3, -0.25) is 0 Å². The highest BCUT2D eigenvalue weighted by atomic mass is 15.1. The van der Waals surface area contributed by atoms with Crippen LogP contribution in [0.2, 0.25) is 0 Å². The average Bonchev–Trinajstić information content (AvgIpc) is 2.18. The highest BCUT2D eigenvalue weighted by molar-refractivity contribution is 4.93. The van der Waals surface area contributed by atoms with Crippen LogP contribution in [-0.2, 0) is 0 Å². The number of hydrogen-bond donors (Lipinski definition) is 2. The van der Waals surface area contributed by atoms with Gasteiger partial charge in [-0.1, -0.05) is 27.2 Å². The summed E-state index contributed by atoms with van der Waals surface area (Å²) >= 11 is 0. The van der Waals surface area contributed by atoms with E-state index in [1.54, 1.807) is 0 Å². The summed E-state index contributed by atoms with van der Waals surface area (Å²) < 4.78 is 0. The third kappa shape index (κ3) is 2.68. The van der Waals surface area contributed by atoms with Gasteiger partial charge < -0.3 is 10.6 Å². The van der Waals surface area contributed by atoms with Crippen molar-refractivity contribution in [3.63, 3.8) is 0 Å². The minimum absolute atomic E-state index is 0.323. The molecule has 0 spiro atoms. The molecule has 1 heterocycles. The van der Waals surface area contributed by atoms with Crippen molar-refractivity contribution in [2.24, 2.45) is 5.92 Å². The first-order valence-corrected chi connectivity index (χ1v) is 5.59. The largest absolute Gasteiger partial charge is 0.311 e. The minimum atomic E-state index is 0.323. The molecule has 78 valence electrons. The van der Waals surface area contributed by atoms with Crippen molar-refractivity contribution in [2.75, 3.05) is 13.1 Å². The summed E-state index contributed by atoms with van der Waals surface area (Å²) in [6, 6.07) is 0.671. The molecule has 0 bridgehead atoms. The Kier molecular flexibility index (Phi) is 3.74. The van der Waals surface area contributed by atoms with Crippen LogP contribution in [0, 0.1) is 5.92 Å². The fraction of sp³-hybridized carbons (Fsp3) is 1.00. The van der Waals surface area contributed by atoms with Gasteiger partial charge in [0.15, 0.2) is 0 Å². The third-order valence-electron chi connectivity index (χ3n) is 3.61. The van der Waals surface area contributed by atoms with E-state index in [1.807, 2.05) is 0 Å². The molecule has 1 fully saturated rings. The lowest BCUT2D eigenvalue weighted by Gasteiger charge is -2.41. The maximum Gasteiger partial charge on any atom is 0.0276 e. The van der Waals surface area contributed by atoms with Crippen LogP contribution in [0.25, 0.3) is 0 Å². The smallest absolute Gasteiger partial charge is 0.0276 e. The Hall–Kier alpha value is -0.0800. The third-order valence-corrected chi connectivity index (χ3v) is 3.61. The molecule has 0 aromatic heterocycles. The Bertz CT molecular complexity index is 148. The zero-order valence-electron chi connectivity index (χ0n) is 9.48. The van der Waals surface area contributed by atoms with Crippen LogP contribution in [0.15, 0.2) is 0 Å². The lowest BCUT2D eigenvalue weighted by atomic mass is 9.90. The van der Waals surface area contributed by atoms with E-state index in [4.69, 9.17) is 0 Å². The van der Waals surface area contributed by atoms with E-state index in [0.717, 1.165) is 19.0 Å². The summed E-state index contributed by atoms with van der Waals surface area (Å²) in [6.07, 6.45) is 2.47. The minimum Gasteiger partial charge on any atom is -0.311 e. The van der Waals surface area contributed by atoms with Crippen LogP contribution < -0.4 is 10.6 Å². The predicted molar refractivity (Wildman–Crippen MR) is 57.9 cm³/mol. The van der Waals surface area contributed by atoms with Crippen molar-refractivity contribution >= 4 is 0 Å². The molecule has 13 heavy (non-hydrogen) atoms. The van der Waals surface area contributed by atoms with Gasteiger partial charge in [-0.2, -0.15) is 0 Å².